The molecule has 0 saturated carbocycles. The number of benzene rings is 2. The summed E-state index contributed by atoms with van der Waals surface area (Å²) in [6, 6.07) is 16.5. The molecule has 2 aromatic carbocycles. The smallest absolute Gasteiger partial charge is 0.161 e. The number of fused-ring (bicyclic) bond motifs is 1. The molecule has 0 amide bonds. The lowest BCUT2D eigenvalue weighted by atomic mass is 9.99. The van der Waals surface area contributed by atoms with Gasteiger partial charge in [-0.15, -0.1) is 0 Å². The van der Waals surface area contributed by atoms with Gasteiger partial charge in [0.15, 0.2) is 11.5 Å². The van der Waals surface area contributed by atoms with Crippen molar-refractivity contribution >= 4 is 0 Å². The quantitative estimate of drug-likeness (QED) is 0.934. The van der Waals surface area contributed by atoms with E-state index in [0.29, 0.717) is 13.2 Å². The fraction of sp³-hybridized carbons (Fsp3) is 0.333. The van der Waals surface area contributed by atoms with Crippen LogP contribution in [0.25, 0.3) is 0 Å². The molecular weight excluding hydrogens is 262 g/mol. The van der Waals surface area contributed by atoms with E-state index in [2.05, 4.69) is 24.3 Å². The van der Waals surface area contributed by atoms with Crippen LogP contribution in [0.15, 0.2) is 48.5 Å². The molecular formula is C18H21NO2. The summed E-state index contributed by atoms with van der Waals surface area (Å²) in [5, 5.41) is 0. The monoisotopic (exact) mass is 283 g/mol. The number of ether oxygens (including phenoxy) is 2. The van der Waals surface area contributed by atoms with Crippen molar-refractivity contribution in [2.45, 2.75) is 25.3 Å². The zero-order chi connectivity index (χ0) is 14.5. The number of hydrogen-bond donors (Lipinski definition) is 1. The molecule has 0 bridgehead atoms. The molecule has 3 heteroatoms. The second-order valence-corrected chi connectivity index (χ2v) is 5.39. The van der Waals surface area contributed by atoms with E-state index in [4.69, 9.17) is 15.2 Å². The molecule has 1 heterocycles. The van der Waals surface area contributed by atoms with E-state index in [0.717, 1.165) is 36.3 Å². The average Bonchev–Trinajstić information content (AvgIpc) is 2.78. The van der Waals surface area contributed by atoms with Crippen molar-refractivity contribution in [3.8, 4) is 11.5 Å². The van der Waals surface area contributed by atoms with Gasteiger partial charge in [0.05, 0.1) is 13.2 Å². The fourth-order valence-corrected chi connectivity index (χ4v) is 2.54. The van der Waals surface area contributed by atoms with Gasteiger partial charge >= 0.3 is 0 Å². The van der Waals surface area contributed by atoms with Crippen molar-refractivity contribution in [2.75, 3.05) is 13.2 Å². The Hall–Kier alpha value is -2.00. The van der Waals surface area contributed by atoms with E-state index in [1.807, 2.05) is 24.3 Å². The van der Waals surface area contributed by atoms with Crippen LogP contribution in [0.2, 0.25) is 0 Å². The van der Waals surface area contributed by atoms with Crippen molar-refractivity contribution in [1.82, 2.24) is 0 Å². The standard InChI is InChI=1S/C18H21NO2/c19-16(9-7-14-5-2-1-3-6-14)15-8-10-17-18(13-15)21-12-4-11-20-17/h1-3,5-6,8,10,13,16H,4,7,9,11-12,19H2/t16-/m0/s1. The summed E-state index contributed by atoms with van der Waals surface area (Å²) in [5.74, 6) is 1.65. The lowest BCUT2D eigenvalue weighted by Gasteiger charge is -2.15. The third-order valence-corrected chi connectivity index (χ3v) is 3.79. The van der Waals surface area contributed by atoms with Gasteiger partial charge in [0.1, 0.15) is 0 Å². The second-order valence-electron chi connectivity index (χ2n) is 5.39. The zero-order valence-electron chi connectivity index (χ0n) is 12.1. The topological polar surface area (TPSA) is 44.5 Å². The Bertz CT molecular complexity index is 583. The number of hydrogen-bond acceptors (Lipinski definition) is 3. The SMILES string of the molecule is N[C@@H](CCc1ccccc1)c1ccc2c(c1)OCCCO2. The molecule has 0 fully saturated rings. The zero-order valence-corrected chi connectivity index (χ0v) is 12.1. The average molecular weight is 283 g/mol. The predicted molar refractivity (Wildman–Crippen MR) is 83.7 cm³/mol. The highest BCUT2D eigenvalue weighted by molar-refractivity contribution is 5.44. The molecule has 0 aliphatic carbocycles. The second kappa shape index (κ2) is 6.64. The van der Waals surface area contributed by atoms with Crippen LogP contribution in [0, 0.1) is 0 Å². The van der Waals surface area contributed by atoms with Gasteiger partial charge in [-0.1, -0.05) is 36.4 Å². The number of aryl methyl sites for hydroxylation is 1. The Morgan fingerprint density at radius 2 is 1.71 bits per heavy atom. The molecule has 0 spiro atoms. The van der Waals surface area contributed by atoms with E-state index in [9.17, 15) is 0 Å². The first-order valence-electron chi connectivity index (χ1n) is 7.52. The molecule has 0 radical (unpaired) electrons. The predicted octanol–water partition coefficient (Wildman–Crippen LogP) is 3.48. The van der Waals surface area contributed by atoms with E-state index >= 15 is 0 Å². The number of nitrogens with two attached hydrogens (primary N) is 1. The van der Waals surface area contributed by atoms with Gasteiger partial charge in [0, 0.05) is 12.5 Å². The van der Waals surface area contributed by atoms with Crippen molar-refractivity contribution in [2.24, 2.45) is 5.73 Å². The Labute approximate surface area is 125 Å². The van der Waals surface area contributed by atoms with Gasteiger partial charge in [-0.25, -0.2) is 0 Å². The molecule has 3 nitrogen and oxygen atoms in total. The molecule has 0 unspecified atom stereocenters. The van der Waals surface area contributed by atoms with Gasteiger partial charge in [-0.2, -0.15) is 0 Å². The van der Waals surface area contributed by atoms with Crippen LogP contribution >= 0.6 is 0 Å². The molecule has 21 heavy (non-hydrogen) atoms. The Morgan fingerprint density at radius 1 is 0.952 bits per heavy atom. The summed E-state index contributed by atoms with van der Waals surface area (Å²) in [7, 11) is 0. The molecule has 3 rings (SSSR count). The Kier molecular flexibility index (Phi) is 4.41. The van der Waals surface area contributed by atoms with Crippen LogP contribution in [0.3, 0.4) is 0 Å². The molecule has 1 aliphatic rings. The van der Waals surface area contributed by atoms with Crippen LogP contribution in [0.1, 0.15) is 30.0 Å². The summed E-state index contributed by atoms with van der Waals surface area (Å²) in [4.78, 5) is 0. The van der Waals surface area contributed by atoms with Gasteiger partial charge in [0.2, 0.25) is 0 Å². The van der Waals surface area contributed by atoms with Crippen LogP contribution in [-0.4, -0.2) is 13.2 Å². The van der Waals surface area contributed by atoms with Gasteiger partial charge in [0.25, 0.3) is 0 Å². The van der Waals surface area contributed by atoms with Crippen molar-refractivity contribution in [1.29, 1.82) is 0 Å². The van der Waals surface area contributed by atoms with Crippen LogP contribution in [0.4, 0.5) is 0 Å². The largest absolute Gasteiger partial charge is 0.490 e. The minimum Gasteiger partial charge on any atom is -0.490 e. The molecule has 2 N–H and O–H groups in total. The minimum atomic E-state index is 0.0161. The van der Waals surface area contributed by atoms with Crippen LogP contribution in [0.5, 0.6) is 11.5 Å². The van der Waals surface area contributed by atoms with Crippen molar-refractivity contribution < 1.29 is 9.47 Å². The first-order valence-corrected chi connectivity index (χ1v) is 7.52. The van der Waals surface area contributed by atoms with Crippen molar-refractivity contribution in [3.05, 3.63) is 59.7 Å². The molecule has 110 valence electrons. The molecule has 1 aliphatic heterocycles. The van der Waals surface area contributed by atoms with Crippen LogP contribution < -0.4 is 15.2 Å². The summed E-state index contributed by atoms with van der Waals surface area (Å²) in [6.07, 6.45) is 2.82. The van der Waals surface area contributed by atoms with E-state index in [1.54, 1.807) is 0 Å². The lowest BCUT2D eigenvalue weighted by Crippen LogP contribution is -2.11. The van der Waals surface area contributed by atoms with Crippen molar-refractivity contribution in [3.63, 3.8) is 0 Å². The molecule has 0 saturated heterocycles. The molecule has 0 aromatic heterocycles. The summed E-state index contributed by atoms with van der Waals surface area (Å²) < 4.78 is 11.4. The third kappa shape index (κ3) is 3.56. The van der Waals surface area contributed by atoms with Gasteiger partial charge < -0.3 is 15.2 Å². The maximum Gasteiger partial charge on any atom is 0.161 e. The Morgan fingerprint density at radius 3 is 2.52 bits per heavy atom. The lowest BCUT2D eigenvalue weighted by molar-refractivity contribution is 0.297. The summed E-state index contributed by atoms with van der Waals surface area (Å²) in [6.45, 7) is 1.42. The third-order valence-electron chi connectivity index (χ3n) is 3.79. The highest BCUT2D eigenvalue weighted by Gasteiger charge is 2.13. The Balaban J connectivity index is 1.67. The summed E-state index contributed by atoms with van der Waals surface area (Å²) in [5.41, 5.74) is 8.75. The molecule has 1 atom stereocenters. The normalized spacial score (nSPS) is 15.3. The minimum absolute atomic E-state index is 0.0161. The summed E-state index contributed by atoms with van der Waals surface area (Å²) >= 11 is 0. The highest BCUT2D eigenvalue weighted by atomic mass is 16.5. The highest BCUT2D eigenvalue weighted by Crippen LogP contribution is 2.32. The first-order chi connectivity index (χ1) is 10.3. The maximum atomic E-state index is 6.32. The van der Waals surface area contributed by atoms with Gasteiger partial charge in [-0.3, -0.25) is 0 Å². The van der Waals surface area contributed by atoms with Gasteiger partial charge in [-0.05, 0) is 36.1 Å². The maximum absolute atomic E-state index is 6.32. The van der Waals surface area contributed by atoms with E-state index < -0.39 is 0 Å². The molecule has 2 aromatic rings. The number of rotatable bonds is 4. The van der Waals surface area contributed by atoms with Crippen LogP contribution in [-0.2, 0) is 6.42 Å². The first kappa shape index (κ1) is 14.0. The van der Waals surface area contributed by atoms with E-state index in [-0.39, 0.29) is 6.04 Å². The fourth-order valence-electron chi connectivity index (χ4n) is 2.54. The van der Waals surface area contributed by atoms with E-state index in [1.165, 1.54) is 5.56 Å².